The highest BCUT2D eigenvalue weighted by molar-refractivity contribution is 5.66. The summed E-state index contributed by atoms with van der Waals surface area (Å²) in [7, 11) is 2.20. The standard InChI is InChI=1S/C14H27N5/c1-6-7-19-14(13(15)12(4)16-19)18-8-10(2)17(5)11(3)9-18/h10-11H,6-9,15H2,1-5H3. The lowest BCUT2D eigenvalue weighted by molar-refractivity contribution is 0.169. The maximum Gasteiger partial charge on any atom is 0.150 e. The van der Waals surface area contributed by atoms with Gasteiger partial charge < -0.3 is 10.6 Å². The Labute approximate surface area is 116 Å². The molecule has 0 bridgehead atoms. The Morgan fingerprint density at radius 2 is 1.84 bits per heavy atom. The van der Waals surface area contributed by atoms with Crippen LogP contribution in [0.4, 0.5) is 11.5 Å². The van der Waals surface area contributed by atoms with Crippen molar-refractivity contribution in [2.75, 3.05) is 30.8 Å². The molecule has 5 heteroatoms. The Hall–Kier alpha value is -1.23. The van der Waals surface area contributed by atoms with Crippen LogP contribution in [0.15, 0.2) is 0 Å². The number of rotatable bonds is 3. The van der Waals surface area contributed by atoms with Gasteiger partial charge in [0.05, 0.1) is 11.4 Å². The molecule has 1 aromatic rings. The minimum absolute atomic E-state index is 0.536. The molecule has 0 aliphatic carbocycles. The van der Waals surface area contributed by atoms with Crippen LogP contribution >= 0.6 is 0 Å². The highest BCUT2D eigenvalue weighted by Crippen LogP contribution is 2.29. The van der Waals surface area contributed by atoms with Crippen LogP contribution in [-0.2, 0) is 6.54 Å². The second-order valence-electron chi connectivity index (χ2n) is 5.81. The van der Waals surface area contributed by atoms with Crippen molar-refractivity contribution in [1.29, 1.82) is 0 Å². The zero-order chi connectivity index (χ0) is 14.2. The first-order chi connectivity index (χ1) is 8.95. The monoisotopic (exact) mass is 265 g/mol. The molecule has 0 amide bonds. The maximum atomic E-state index is 6.25. The summed E-state index contributed by atoms with van der Waals surface area (Å²) in [6.07, 6.45) is 1.08. The van der Waals surface area contributed by atoms with Gasteiger partial charge in [-0.05, 0) is 34.2 Å². The molecule has 5 nitrogen and oxygen atoms in total. The van der Waals surface area contributed by atoms with Gasteiger partial charge in [0.15, 0.2) is 5.82 Å². The number of anilines is 2. The highest BCUT2D eigenvalue weighted by atomic mass is 15.4. The molecule has 1 fully saturated rings. The number of likely N-dealkylation sites (N-methyl/N-ethyl adjacent to an activating group) is 1. The number of nitrogen functional groups attached to an aromatic ring is 1. The van der Waals surface area contributed by atoms with E-state index in [0.717, 1.165) is 43.3 Å². The second kappa shape index (κ2) is 5.41. The van der Waals surface area contributed by atoms with Crippen LogP contribution in [0.3, 0.4) is 0 Å². The van der Waals surface area contributed by atoms with E-state index < -0.39 is 0 Å². The predicted molar refractivity (Wildman–Crippen MR) is 80.6 cm³/mol. The van der Waals surface area contributed by atoms with Gasteiger partial charge in [0, 0.05) is 31.7 Å². The number of nitrogens with zero attached hydrogens (tertiary/aromatic N) is 4. The topological polar surface area (TPSA) is 50.3 Å². The molecule has 0 spiro atoms. The van der Waals surface area contributed by atoms with Gasteiger partial charge in [0.2, 0.25) is 0 Å². The summed E-state index contributed by atoms with van der Waals surface area (Å²) in [6.45, 7) is 11.7. The summed E-state index contributed by atoms with van der Waals surface area (Å²) >= 11 is 0. The molecular weight excluding hydrogens is 238 g/mol. The number of aryl methyl sites for hydroxylation is 2. The van der Waals surface area contributed by atoms with Crippen molar-refractivity contribution in [2.45, 2.75) is 52.7 Å². The summed E-state index contributed by atoms with van der Waals surface area (Å²) < 4.78 is 2.08. The van der Waals surface area contributed by atoms with Crippen LogP contribution in [0.5, 0.6) is 0 Å². The lowest BCUT2D eigenvalue weighted by Crippen LogP contribution is -2.55. The van der Waals surface area contributed by atoms with Crippen LogP contribution < -0.4 is 10.6 Å². The molecule has 0 saturated carbocycles. The van der Waals surface area contributed by atoms with Gasteiger partial charge in [-0.15, -0.1) is 0 Å². The number of hydrogen-bond donors (Lipinski definition) is 1. The zero-order valence-corrected chi connectivity index (χ0v) is 12.8. The Kier molecular flexibility index (Phi) is 4.04. The molecular formula is C14H27N5. The zero-order valence-electron chi connectivity index (χ0n) is 12.8. The smallest absolute Gasteiger partial charge is 0.150 e. The van der Waals surface area contributed by atoms with Crippen molar-refractivity contribution < 1.29 is 0 Å². The molecule has 0 aromatic carbocycles. The number of aromatic nitrogens is 2. The van der Waals surface area contributed by atoms with E-state index in [-0.39, 0.29) is 0 Å². The second-order valence-corrected chi connectivity index (χ2v) is 5.81. The number of piperazine rings is 1. The van der Waals surface area contributed by atoms with Gasteiger partial charge in [-0.3, -0.25) is 4.90 Å². The third-order valence-corrected chi connectivity index (χ3v) is 4.24. The molecule has 2 heterocycles. The fourth-order valence-electron chi connectivity index (χ4n) is 2.86. The average molecular weight is 265 g/mol. The van der Waals surface area contributed by atoms with Crippen molar-refractivity contribution in [3.05, 3.63) is 5.69 Å². The molecule has 1 aromatic heterocycles. The van der Waals surface area contributed by atoms with Crippen molar-refractivity contribution in [3.8, 4) is 0 Å². The summed E-state index contributed by atoms with van der Waals surface area (Å²) in [4.78, 5) is 4.83. The average Bonchev–Trinajstić information content (AvgIpc) is 2.62. The Balaban J connectivity index is 2.31. The molecule has 0 radical (unpaired) electrons. The Morgan fingerprint density at radius 1 is 1.26 bits per heavy atom. The van der Waals surface area contributed by atoms with Crippen LogP contribution in [0.25, 0.3) is 0 Å². The van der Waals surface area contributed by atoms with Gasteiger partial charge in [-0.1, -0.05) is 6.92 Å². The lowest BCUT2D eigenvalue weighted by atomic mass is 10.1. The fourth-order valence-corrected chi connectivity index (χ4v) is 2.86. The van der Waals surface area contributed by atoms with E-state index in [4.69, 9.17) is 5.73 Å². The van der Waals surface area contributed by atoms with E-state index in [1.165, 1.54) is 0 Å². The summed E-state index contributed by atoms with van der Waals surface area (Å²) in [5, 5.41) is 4.58. The van der Waals surface area contributed by atoms with Gasteiger partial charge in [-0.2, -0.15) is 5.10 Å². The summed E-state index contributed by atoms with van der Waals surface area (Å²) in [5.41, 5.74) is 8.04. The van der Waals surface area contributed by atoms with Crippen molar-refractivity contribution in [1.82, 2.24) is 14.7 Å². The van der Waals surface area contributed by atoms with E-state index in [9.17, 15) is 0 Å². The van der Waals surface area contributed by atoms with Crippen molar-refractivity contribution in [2.24, 2.45) is 0 Å². The molecule has 2 atom stereocenters. The van der Waals surface area contributed by atoms with E-state index in [1.807, 2.05) is 6.92 Å². The number of nitrogens with two attached hydrogens (primary N) is 1. The van der Waals surface area contributed by atoms with Gasteiger partial charge in [-0.25, -0.2) is 4.68 Å². The Morgan fingerprint density at radius 3 is 2.37 bits per heavy atom. The molecule has 1 saturated heterocycles. The van der Waals surface area contributed by atoms with Gasteiger partial charge >= 0.3 is 0 Å². The molecule has 108 valence electrons. The first-order valence-corrected chi connectivity index (χ1v) is 7.25. The fraction of sp³-hybridized carbons (Fsp3) is 0.786. The minimum atomic E-state index is 0.536. The molecule has 2 unspecified atom stereocenters. The summed E-state index contributed by atoms with van der Waals surface area (Å²) in [6, 6.07) is 1.07. The molecule has 2 N–H and O–H groups in total. The van der Waals surface area contributed by atoms with Crippen molar-refractivity contribution in [3.63, 3.8) is 0 Å². The van der Waals surface area contributed by atoms with Gasteiger partial charge in [0.1, 0.15) is 0 Å². The first-order valence-electron chi connectivity index (χ1n) is 7.25. The predicted octanol–water partition coefficient (Wildman–Crippen LogP) is 1.71. The van der Waals surface area contributed by atoms with E-state index in [0.29, 0.717) is 12.1 Å². The molecule has 1 aliphatic heterocycles. The highest BCUT2D eigenvalue weighted by Gasteiger charge is 2.30. The normalized spacial score (nSPS) is 25.0. The third-order valence-electron chi connectivity index (χ3n) is 4.24. The van der Waals surface area contributed by atoms with Crippen LogP contribution in [-0.4, -0.2) is 46.9 Å². The van der Waals surface area contributed by atoms with Crippen molar-refractivity contribution >= 4 is 11.5 Å². The molecule has 19 heavy (non-hydrogen) atoms. The first kappa shape index (κ1) is 14.2. The van der Waals surface area contributed by atoms with Crippen LogP contribution in [0.1, 0.15) is 32.9 Å². The largest absolute Gasteiger partial charge is 0.394 e. The van der Waals surface area contributed by atoms with E-state index >= 15 is 0 Å². The van der Waals surface area contributed by atoms with E-state index in [2.05, 4.69) is 47.4 Å². The van der Waals surface area contributed by atoms with Crippen LogP contribution in [0, 0.1) is 6.92 Å². The molecule has 2 rings (SSSR count). The van der Waals surface area contributed by atoms with E-state index in [1.54, 1.807) is 0 Å². The van der Waals surface area contributed by atoms with Gasteiger partial charge in [0.25, 0.3) is 0 Å². The lowest BCUT2D eigenvalue weighted by Gasteiger charge is -2.43. The quantitative estimate of drug-likeness (QED) is 0.904. The molecule has 1 aliphatic rings. The van der Waals surface area contributed by atoms with Crippen LogP contribution in [0.2, 0.25) is 0 Å². The SMILES string of the molecule is CCCn1nc(C)c(N)c1N1CC(C)N(C)C(C)C1. The summed E-state index contributed by atoms with van der Waals surface area (Å²) in [5.74, 6) is 1.12. The number of hydrogen-bond acceptors (Lipinski definition) is 4. The maximum absolute atomic E-state index is 6.25. The third kappa shape index (κ3) is 2.56. The minimum Gasteiger partial charge on any atom is -0.394 e. The Bertz CT molecular complexity index is 427.